The Hall–Kier alpha value is -2.66. The van der Waals surface area contributed by atoms with E-state index in [-0.39, 0.29) is 0 Å². The molecule has 158 valence electrons. The number of carboxylic acids is 1. The lowest BCUT2D eigenvalue weighted by molar-refractivity contribution is -0.170. The van der Waals surface area contributed by atoms with Crippen molar-refractivity contribution < 1.29 is 37.8 Å². The molecule has 2 saturated heterocycles. The van der Waals surface area contributed by atoms with Gasteiger partial charge in [0.1, 0.15) is 29.2 Å². The van der Waals surface area contributed by atoms with Gasteiger partial charge in [-0.2, -0.15) is 0 Å². The fourth-order valence-electron chi connectivity index (χ4n) is 3.92. The van der Waals surface area contributed by atoms with E-state index in [1.165, 1.54) is 28.0 Å². The molecule has 1 aromatic rings. The Bertz CT molecular complexity index is 972. The topological polar surface area (TPSA) is 142 Å². The quantitative estimate of drug-likeness (QED) is 0.598. The Morgan fingerprint density at radius 2 is 1.79 bits per heavy atom. The van der Waals surface area contributed by atoms with Crippen LogP contribution in [0.1, 0.15) is 13.8 Å². The van der Waals surface area contributed by atoms with Crippen molar-refractivity contribution in [2.75, 3.05) is 19.1 Å². The molecule has 0 spiro atoms. The number of hydrogen-bond acceptors (Lipinski definition) is 7. The van der Waals surface area contributed by atoms with E-state index in [1.54, 1.807) is 24.3 Å². The molecule has 0 saturated carbocycles. The van der Waals surface area contributed by atoms with Gasteiger partial charge in [0, 0.05) is 12.7 Å². The highest BCUT2D eigenvalue weighted by molar-refractivity contribution is 7.93. The molecule has 2 heterocycles. The third kappa shape index (κ3) is 2.79. The van der Waals surface area contributed by atoms with Crippen LogP contribution in [-0.2, 0) is 24.2 Å². The van der Waals surface area contributed by atoms with Gasteiger partial charge in [0.05, 0.1) is 11.9 Å². The number of sulfone groups is 1. The summed E-state index contributed by atoms with van der Waals surface area (Å²) in [6, 6.07) is 4.75. The minimum atomic E-state index is -4.14. The smallest absolute Gasteiger partial charge is 0.328 e. The summed E-state index contributed by atoms with van der Waals surface area (Å²) in [4.78, 5) is 38.7. The number of carboxylic acid groups (broad SMARTS) is 1. The zero-order valence-corrected chi connectivity index (χ0v) is 17.1. The molecular formula is C18H22N2O8S. The molecule has 2 aliphatic heterocycles. The highest BCUT2D eigenvalue weighted by atomic mass is 32.2. The third-order valence-electron chi connectivity index (χ3n) is 5.73. The molecule has 0 aliphatic carbocycles. The summed E-state index contributed by atoms with van der Waals surface area (Å²) in [7, 11) is -1.28. The maximum atomic E-state index is 12.9. The lowest BCUT2D eigenvalue weighted by Gasteiger charge is -2.44. The van der Waals surface area contributed by atoms with E-state index in [0.717, 1.165) is 9.80 Å². The van der Waals surface area contributed by atoms with Crippen molar-refractivity contribution in [3.63, 3.8) is 0 Å². The van der Waals surface area contributed by atoms with Crippen LogP contribution < -0.4 is 9.64 Å². The van der Waals surface area contributed by atoms with Gasteiger partial charge in [0.25, 0.3) is 5.91 Å². The summed E-state index contributed by atoms with van der Waals surface area (Å²) in [5.41, 5.74) is 0.400. The number of aliphatic carboxylic acids is 1. The second-order valence-corrected chi connectivity index (χ2v) is 10.2. The SMILES string of the molecule is COc1ccc(N(C)C(=O)[C@@H](O)[C@@H]2C(=O)N3[C@@H](C(=O)O)C(C)(C)S(=O)(=O)[C@H]23)cc1. The number of β-lactam (4-membered cyclic amide) rings is 1. The third-order valence-corrected chi connectivity index (χ3v) is 8.57. The van der Waals surface area contributed by atoms with Crippen molar-refractivity contribution in [1.82, 2.24) is 4.90 Å². The minimum Gasteiger partial charge on any atom is -0.497 e. The first-order valence-corrected chi connectivity index (χ1v) is 10.3. The maximum absolute atomic E-state index is 12.9. The molecule has 4 atom stereocenters. The summed E-state index contributed by atoms with van der Waals surface area (Å²) >= 11 is 0. The summed E-state index contributed by atoms with van der Waals surface area (Å²) < 4.78 is 29.0. The van der Waals surface area contributed by atoms with Crippen LogP contribution in [0, 0.1) is 5.92 Å². The van der Waals surface area contributed by atoms with E-state index in [0.29, 0.717) is 11.4 Å². The van der Waals surface area contributed by atoms with Gasteiger partial charge in [0.15, 0.2) is 9.84 Å². The summed E-state index contributed by atoms with van der Waals surface area (Å²) in [6.07, 6.45) is -1.94. The zero-order chi connectivity index (χ0) is 21.9. The Balaban J connectivity index is 1.88. The standard InChI is InChI=1S/C18H22N2O8S/c1-18(2)13(17(24)25)20-14(22)11(16(20)29(18,26)27)12(21)15(23)19(3)9-5-7-10(28-4)8-6-9/h5-8,11-13,16,21H,1-4H3,(H,24,25)/t11-,12+,13+,16-/m1/s1. The normalized spacial score (nSPS) is 27.6. The number of methoxy groups -OCH3 is 1. The number of fused-ring (bicyclic) bond motifs is 1. The molecule has 2 amide bonds. The number of carbonyl (C=O) groups is 3. The van der Waals surface area contributed by atoms with E-state index < -0.39 is 55.8 Å². The first-order valence-electron chi connectivity index (χ1n) is 8.76. The average molecular weight is 426 g/mol. The van der Waals surface area contributed by atoms with Crippen molar-refractivity contribution in [2.45, 2.75) is 36.1 Å². The largest absolute Gasteiger partial charge is 0.497 e. The van der Waals surface area contributed by atoms with Gasteiger partial charge in [0.2, 0.25) is 5.91 Å². The van der Waals surface area contributed by atoms with Gasteiger partial charge in [-0.3, -0.25) is 9.59 Å². The van der Waals surface area contributed by atoms with Gasteiger partial charge in [-0.25, -0.2) is 13.2 Å². The predicted molar refractivity (Wildman–Crippen MR) is 101 cm³/mol. The number of rotatable bonds is 5. The molecule has 11 heteroatoms. The predicted octanol–water partition coefficient (Wildman–Crippen LogP) is -0.536. The molecule has 3 rings (SSSR count). The first kappa shape index (κ1) is 21.1. The minimum absolute atomic E-state index is 0.400. The number of carbonyl (C=O) groups excluding carboxylic acids is 2. The maximum Gasteiger partial charge on any atom is 0.328 e. The Kier molecular flexibility index (Phi) is 4.86. The number of aliphatic hydroxyl groups excluding tert-OH is 1. The van der Waals surface area contributed by atoms with E-state index in [2.05, 4.69) is 0 Å². The molecular weight excluding hydrogens is 404 g/mol. The number of anilines is 1. The van der Waals surface area contributed by atoms with Crippen LogP contribution in [0.15, 0.2) is 24.3 Å². The summed E-state index contributed by atoms with van der Waals surface area (Å²) in [5.74, 6) is -4.21. The van der Waals surface area contributed by atoms with Gasteiger partial charge in [-0.1, -0.05) is 0 Å². The number of hydrogen-bond donors (Lipinski definition) is 2. The molecule has 2 N–H and O–H groups in total. The summed E-state index contributed by atoms with van der Waals surface area (Å²) in [5, 5.41) is 18.4. The molecule has 2 aliphatic rings. The average Bonchev–Trinajstić information content (AvgIpc) is 2.81. The van der Waals surface area contributed by atoms with Crippen LogP contribution in [-0.4, -0.2) is 77.7 Å². The van der Waals surface area contributed by atoms with Crippen LogP contribution >= 0.6 is 0 Å². The van der Waals surface area contributed by atoms with Crippen LogP contribution in [0.4, 0.5) is 5.69 Å². The molecule has 0 bridgehead atoms. The second-order valence-electron chi connectivity index (χ2n) is 7.59. The molecule has 0 aromatic heterocycles. The monoisotopic (exact) mass is 426 g/mol. The lowest BCUT2D eigenvalue weighted by Crippen LogP contribution is -2.68. The van der Waals surface area contributed by atoms with Crippen LogP contribution in [0.5, 0.6) is 5.75 Å². The van der Waals surface area contributed by atoms with E-state index in [4.69, 9.17) is 4.74 Å². The van der Waals surface area contributed by atoms with E-state index in [1.807, 2.05) is 0 Å². The second kappa shape index (κ2) is 6.70. The van der Waals surface area contributed by atoms with Crippen molar-refractivity contribution in [2.24, 2.45) is 5.92 Å². The van der Waals surface area contributed by atoms with Crippen molar-refractivity contribution in [3.8, 4) is 5.75 Å². The van der Waals surface area contributed by atoms with Gasteiger partial charge >= 0.3 is 5.97 Å². The fraction of sp³-hybridized carbons (Fsp3) is 0.500. The van der Waals surface area contributed by atoms with Crippen molar-refractivity contribution in [3.05, 3.63) is 24.3 Å². The zero-order valence-electron chi connectivity index (χ0n) is 16.3. The molecule has 29 heavy (non-hydrogen) atoms. The fourth-order valence-corrected chi connectivity index (χ4v) is 6.25. The Morgan fingerprint density at radius 1 is 1.24 bits per heavy atom. The number of amides is 2. The van der Waals surface area contributed by atoms with Gasteiger partial charge in [-0.05, 0) is 38.1 Å². The number of nitrogens with zero attached hydrogens (tertiary/aromatic N) is 2. The van der Waals surface area contributed by atoms with E-state index >= 15 is 0 Å². The van der Waals surface area contributed by atoms with Gasteiger partial charge in [-0.15, -0.1) is 0 Å². The molecule has 0 radical (unpaired) electrons. The Morgan fingerprint density at radius 3 is 2.28 bits per heavy atom. The number of aliphatic hydroxyl groups is 1. The summed E-state index contributed by atoms with van der Waals surface area (Å²) in [6.45, 7) is 2.45. The van der Waals surface area contributed by atoms with E-state index in [9.17, 15) is 33.0 Å². The van der Waals surface area contributed by atoms with Crippen molar-refractivity contribution >= 4 is 33.3 Å². The van der Waals surface area contributed by atoms with Crippen LogP contribution in [0.2, 0.25) is 0 Å². The van der Waals surface area contributed by atoms with Crippen LogP contribution in [0.25, 0.3) is 0 Å². The molecule has 2 fully saturated rings. The van der Waals surface area contributed by atoms with Crippen molar-refractivity contribution in [1.29, 1.82) is 0 Å². The molecule has 10 nitrogen and oxygen atoms in total. The highest BCUT2D eigenvalue weighted by Crippen LogP contribution is 2.49. The first-order chi connectivity index (χ1) is 13.4. The van der Waals surface area contributed by atoms with Crippen LogP contribution in [0.3, 0.4) is 0 Å². The molecule has 1 aromatic carbocycles. The number of likely N-dealkylation sites (N-methyl/N-ethyl adjacent to an activating group) is 1. The number of benzene rings is 1. The molecule has 0 unspecified atom stereocenters. The Labute approximate surface area is 167 Å². The van der Waals surface area contributed by atoms with Gasteiger partial charge < -0.3 is 24.7 Å². The lowest BCUT2D eigenvalue weighted by atomic mass is 9.87. The highest BCUT2D eigenvalue weighted by Gasteiger charge is 2.73. The number of ether oxygens (including phenoxy) is 1.